The topological polar surface area (TPSA) is 57.5 Å². The van der Waals surface area contributed by atoms with Crippen molar-refractivity contribution in [1.29, 1.82) is 0 Å². The fourth-order valence-corrected chi connectivity index (χ4v) is 8.19. The average Bonchev–Trinajstić information content (AvgIpc) is 3.62. The summed E-state index contributed by atoms with van der Waals surface area (Å²) in [7, 11) is 0. The molecule has 0 saturated heterocycles. The zero-order valence-electron chi connectivity index (χ0n) is 21.6. The Hall–Kier alpha value is -0.411. The van der Waals surface area contributed by atoms with Crippen LogP contribution in [0.2, 0.25) is 0 Å². The molecule has 5 fully saturated rings. The summed E-state index contributed by atoms with van der Waals surface area (Å²) in [6.07, 6.45) is 30.9. The van der Waals surface area contributed by atoms with Crippen LogP contribution in [-0.4, -0.2) is 27.7 Å². The predicted octanol–water partition coefficient (Wildman–Crippen LogP) is 5.59. The van der Waals surface area contributed by atoms with Crippen molar-refractivity contribution < 1.29 is 32.1 Å². The number of rotatable bonds is 3. The molecule has 0 bridgehead atoms. The number of aliphatic hydroxyl groups excluding tert-OH is 1. The van der Waals surface area contributed by atoms with Crippen molar-refractivity contribution in [2.75, 3.05) is 0 Å². The molecule has 4 heteroatoms. The third-order valence-corrected chi connectivity index (χ3v) is 10.3. The number of aliphatic hydroxyl groups is 2. The molecule has 3 nitrogen and oxygen atoms in total. The van der Waals surface area contributed by atoms with Gasteiger partial charge in [0.05, 0.1) is 6.10 Å². The van der Waals surface area contributed by atoms with E-state index >= 15 is 0 Å². The Kier molecular flexibility index (Phi) is 9.03. The molecule has 36 heavy (non-hydrogen) atoms. The van der Waals surface area contributed by atoms with E-state index in [0.717, 1.165) is 50.9 Å². The molecule has 7 atom stereocenters. The first-order valence-electron chi connectivity index (χ1n) is 13.5. The number of carbonyl (C=O) groups is 1. The second kappa shape index (κ2) is 11.4. The fourth-order valence-electron chi connectivity index (χ4n) is 8.19. The molecule has 0 aromatic rings. The van der Waals surface area contributed by atoms with E-state index in [1.165, 1.54) is 5.57 Å². The number of hydrogen-bond donors (Lipinski definition) is 2. The Morgan fingerprint density at radius 3 is 2.22 bits per heavy atom. The van der Waals surface area contributed by atoms with E-state index < -0.39 is 5.60 Å². The molecule has 0 aliphatic heterocycles. The van der Waals surface area contributed by atoms with Gasteiger partial charge in [-0.1, -0.05) is 31.6 Å². The monoisotopic (exact) mass is 528 g/mol. The number of allylic oxidation sites excluding steroid dienone is 2. The van der Waals surface area contributed by atoms with Crippen molar-refractivity contribution in [3.63, 3.8) is 0 Å². The fraction of sp³-hybridized carbons (Fsp3) is 0.531. The zero-order valence-corrected chi connectivity index (χ0v) is 22.7. The first-order valence-corrected chi connectivity index (χ1v) is 13.5. The molecular formula is C32H40FeO3+2. The second-order valence-electron chi connectivity index (χ2n) is 11.9. The third kappa shape index (κ3) is 4.99. The minimum Gasteiger partial charge on any atom is -0.393 e. The molecule has 10 radical (unpaired) electrons. The Labute approximate surface area is 230 Å². The van der Waals surface area contributed by atoms with Crippen molar-refractivity contribution in [3.8, 4) is 0 Å². The van der Waals surface area contributed by atoms with E-state index in [2.05, 4.69) is 19.9 Å². The summed E-state index contributed by atoms with van der Waals surface area (Å²) in [5, 5.41) is 21.9. The molecule has 0 spiro atoms. The van der Waals surface area contributed by atoms with Crippen LogP contribution in [0.15, 0.2) is 23.8 Å². The maximum absolute atomic E-state index is 13.2. The Balaban J connectivity index is 0.000000455. The molecule has 0 aromatic heterocycles. The molecular weight excluding hydrogens is 488 g/mol. The van der Waals surface area contributed by atoms with Crippen LogP contribution in [0.25, 0.3) is 0 Å². The average molecular weight is 529 g/mol. The molecule has 6 aliphatic carbocycles. The van der Waals surface area contributed by atoms with Crippen LogP contribution in [0.4, 0.5) is 0 Å². The van der Waals surface area contributed by atoms with Gasteiger partial charge in [-0.05, 0) is 138 Å². The van der Waals surface area contributed by atoms with Gasteiger partial charge in [0.25, 0.3) is 0 Å². The van der Waals surface area contributed by atoms with Gasteiger partial charge in [-0.15, -0.1) is 0 Å². The summed E-state index contributed by atoms with van der Waals surface area (Å²) in [4.78, 5) is 13.2. The zero-order chi connectivity index (χ0) is 24.7. The second-order valence-corrected chi connectivity index (χ2v) is 11.9. The first-order chi connectivity index (χ1) is 16.8. The molecule has 0 amide bonds. The molecule has 0 aromatic carbocycles. The standard InChI is InChI=1S/C27H35O3.C5H5.Fe/c1-25-14-11-20(28)17-19(25)8-9-21-22(25)12-15-26(2)23(21)13-16-27(26,30)24(29)10-7-18-5-3-4-6-18;1-2-4-5-3-1;/h3-8,10,20-23,28,30H,9,11-17H2,1-2H3;1-5H;/q;;+2/b10-7+;;/t20-,21+,22-,23-,25-,26-,27-;;/m0../s1. The molecule has 5 saturated carbocycles. The van der Waals surface area contributed by atoms with Crippen molar-refractivity contribution in [2.45, 2.75) is 76.9 Å². The van der Waals surface area contributed by atoms with Gasteiger partial charge in [0.2, 0.25) is 0 Å². The van der Waals surface area contributed by atoms with Crippen LogP contribution < -0.4 is 0 Å². The van der Waals surface area contributed by atoms with Gasteiger partial charge in [-0.3, -0.25) is 4.79 Å². The molecule has 192 valence electrons. The number of ketones is 1. The van der Waals surface area contributed by atoms with Crippen LogP contribution in [0.3, 0.4) is 0 Å². The van der Waals surface area contributed by atoms with E-state index in [1.807, 2.05) is 63.9 Å². The summed E-state index contributed by atoms with van der Waals surface area (Å²) in [5.74, 6) is 2.42. The van der Waals surface area contributed by atoms with E-state index in [0.29, 0.717) is 24.2 Å². The van der Waals surface area contributed by atoms with Crippen LogP contribution in [0, 0.1) is 92.3 Å². The maximum Gasteiger partial charge on any atom is 2.00 e. The number of fused-ring (bicyclic) bond motifs is 5. The normalized spacial score (nSPS) is 44.1. The van der Waals surface area contributed by atoms with E-state index in [1.54, 1.807) is 6.08 Å². The Morgan fingerprint density at radius 2 is 1.56 bits per heavy atom. The van der Waals surface area contributed by atoms with Crippen molar-refractivity contribution in [2.24, 2.45) is 28.6 Å². The summed E-state index contributed by atoms with van der Waals surface area (Å²) >= 11 is 0. The van der Waals surface area contributed by atoms with Crippen LogP contribution in [-0.2, 0) is 21.9 Å². The maximum atomic E-state index is 13.2. The van der Waals surface area contributed by atoms with E-state index in [9.17, 15) is 15.0 Å². The largest absolute Gasteiger partial charge is 2.00 e. The smallest absolute Gasteiger partial charge is 0.393 e. The van der Waals surface area contributed by atoms with Gasteiger partial charge >= 0.3 is 17.1 Å². The third-order valence-electron chi connectivity index (χ3n) is 10.3. The summed E-state index contributed by atoms with van der Waals surface area (Å²) in [5.41, 5.74) is 0.0519. The van der Waals surface area contributed by atoms with Gasteiger partial charge < -0.3 is 10.2 Å². The van der Waals surface area contributed by atoms with Gasteiger partial charge in [-0.25, -0.2) is 0 Å². The summed E-state index contributed by atoms with van der Waals surface area (Å²) < 4.78 is 0. The van der Waals surface area contributed by atoms with E-state index in [-0.39, 0.29) is 39.8 Å². The van der Waals surface area contributed by atoms with E-state index in [4.69, 9.17) is 0 Å². The van der Waals surface area contributed by atoms with Crippen molar-refractivity contribution >= 4 is 5.78 Å². The summed E-state index contributed by atoms with van der Waals surface area (Å²) in [6.45, 7) is 4.60. The van der Waals surface area contributed by atoms with Crippen molar-refractivity contribution in [1.82, 2.24) is 0 Å². The number of hydrogen-bond acceptors (Lipinski definition) is 3. The summed E-state index contributed by atoms with van der Waals surface area (Å²) in [6, 6.07) is 0. The molecule has 2 N–H and O–H groups in total. The molecule has 0 unspecified atom stereocenters. The quantitative estimate of drug-likeness (QED) is 0.285. The van der Waals surface area contributed by atoms with Crippen LogP contribution in [0.5, 0.6) is 0 Å². The molecule has 6 rings (SSSR count). The minimum absolute atomic E-state index is 0. The predicted molar refractivity (Wildman–Crippen MR) is 139 cm³/mol. The van der Waals surface area contributed by atoms with Crippen LogP contribution in [0.1, 0.15) is 65.2 Å². The van der Waals surface area contributed by atoms with Crippen molar-refractivity contribution in [3.05, 3.63) is 87.5 Å². The van der Waals surface area contributed by atoms with Gasteiger partial charge in [-0.2, -0.15) is 0 Å². The van der Waals surface area contributed by atoms with Crippen LogP contribution >= 0.6 is 0 Å². The Bertz CT molecular complexity index is 833. The minimum atomic E-state index is -1.25. The number of carbonyl (C=O) groups excluding carboxylic acids is 1. The molecule has 0 heterocycles. The Morgan fingerprint density at radius 1 is 0.917 bits per heavy atom. The van der Waals surface area contributed by atoms with Gasteiger partial charge in [0, 0.05) is 11.3 Å². The molecule has 6 aliphatic rings. The van der Waals surface area contributed by atoms with Gasteiger partial charge in [0.15, 0.2) is 5.78 Å². The first kappa shape index (κ1) is 28.6. The SMILES string of the molecule is C[C@]12CC[C@H](O)CC1=CC[C@@H]1[C@@H]2CC[C@@]2(C)[C@H]1CC[C@]2(O)C(=O)/C=C/[C]1[CH][CH][CH][CH]1.[CH]1[CH][CH][CH][CH]1.[Fe+2]. The van der Waals surface area contributed by atoms with Gasteiger partial charge in [0.1, 0.15) is 5.60 Å².